The largest absolute Gasteiger partial charge is 0.305 e. The summed E-state index contributed by atoms with van der Waals surface area (Å²) < 4.78 is 3.88. The van der Waals surface area contributed by atoms with Crippen LogP contribution in [0.2, 0.25) is 0 Å². The highest BCUT2D eigenvalue weighted by Crippen LogP contribution is 2.31. The molecule has 2 N–H and O–H groups in total. The Morgan fingerprint density at radius 2 is 1.55 bits per heavy atom. The molecule has 0 aromatic rings. The standard InChI is InChI=1S/C4H6N4S3/c1-3-9-7(5-1)11-8-6-2-4-10-8/h1-6H. The van der Waals surface area contributed by atoms with Gasteiger partial charge in [-0.1, -0.05) is 7.64 Å². The van der Waals surface area contributed by atoms with E-state index in [-0.39, 0.29) is 0 Å². The molecule has 0 fully saturated rings. The second-order valence-electron chi connectivity index (χ2n) is 1.67. The SMILES string of the molecule is C1=CSN(SN2NC=CS2)N1. The molecule has 11 heavy (non-hydrogen) atoms. The van der Waals surface area contributed by atoms with Crippen molar-refractivity contribution in [2.45, 2.75) is 0 Å². The van der Waals surface area contributed by atoms with Crippen LogP contribution in [0.1, 0.15) is 0 Å². The maximum Gasteiger partial charge on any atom is 0.0741 e. The van der Waals surface area contributed by atoms with E-state index in [9.17, 15) is 0 Å². The Kier molecular flexibility index (Phi) is 2.54. The fourth-order valence-corrected chi connectivity index (χ4v) is 2.76. The average molecular weight is 206 g/mol. The van der Waals surface area contributed by atoms with Crippen molar-refractivity contribution < 1.29 is 0 Å². The number of nitrogens with zero attached hydrogens (tertiary/aromatic N) is 2. The van der Waals surface area contributed by atoms with E-state index in [4.69, 9.17) is 0 Å². The number of rotatable bonds is 2. The van der Waals surface area contributed by atoms with Crippen LogP contribution in [0.15, 0.2) is 23.2 Å². The van der Waals surface area contributed by atoms with Crippen LogP contribution < -0.4 is 10.9 Å². The van der Waals surface area contributed by atoms with Gasteiger partial charge in [-0.15, -0.1) is 0 Å². The van der Waals surface area contributed by atoms with Gasteiger partial charge in [0.25, 0.3) is 0 Å². The molecule has 0 atom stereocenters. The van der Waals surface area contributed by atoms with Crippen LogP contribution in [0, 0.1) is 0 Å². The van der Waals surface area contributed by atoms with E-state index in [0.717, 1.165) is 0 Å². The number of hydrazine groups is 2. The van der Waals surface area contributed by atoms with E-state index in [1.54, 1.807) is 36.0 Å². The summed E-state index contributed by atoms with van der Waals surface area (Å²) in [5.41, 5.74) is 6.08. The summed E-state index contributed by atoms with van der Waals surface area (Å²) in [5.74, 6) is 0. The van der Waals surface area contributed by atoms with Gasteiger partial charge in [-0.2, -0.15) is 0 Å². The molecule has 4 nitrogen and oxygen atoms in total. The number of hydrogen-bond acceptors (Lipinski definition) is 7. The Morgan fingerprint density at radius 3 is 1.91 bits per heavy atom. The lowest BCUT2D eigenvalue weighted by molar-refractivity contribution is 0.598. The zero-order chi connectivity index (χ0) is 7.52. The maximum atomic E-state index is 3.04. The lowest BCUT2D eigenvalue weighted by atomic mass is 11.1. The van der Waals surface area contributed by atoms with Gasteiger partial charge in [0.1, 0.15) is 0 Å². The summed E-state index contributed by atoms with van der Waals surface area (Å²) in [7, 11) is 0. The summed E-state index contributed by atoms with van der Waals surface area (Å²) in [6.45, 7) is 0. The van der Waals surface area contributed by atoms with Gasteiger partial charge in [-0.3, -0.25) is 0 Å². The molecule has 0 saturated heterocycles. The second kappa shape index (κ2) is 3.63. The third-order valence-corrected chi connectivity index (χ3v) is 3.49. The van der Waals surface area contributed by atoms with Crippen molar-refractivity contribution in [2.24, 2.45) is 0 Å². The highest BCUT2D eigenvalue weighted by molar-refractivity contribution is 8.18. The number of nitrogens with one attached hydrogen (secondary N) is 2. The lowest BCUT2D eigenvalue weighted by Gasteiger charge is -2.18. The quantitative estimate of drug-likeness (QED) is 0.661. The first-order valence-corrected chi connectivity index (χ1v) is 5.30. The average Bonchev–Trinajstić information content (AvgIpc) is 2.60. The first-order valence-electron chi connectivity index (χ1n) is 2.89. The van der Waals surface area contributed by atoms with Crippen LogP contribution in [-0.4, -0.2) is 7.64 Å². The minimum absolute atomic E-state index is 1.56. The second-order valence-corrected chi connectivity index (χ2v) is 4.72. The Hall–Kier alpha value is 0.0500. The molecule has 0 spiro atoms. The molecule has 2 aliphatic heterocycles. The van der Waals surface area contributed by atoms with Crippen molar-refractivity contribution in [3.63, 3.8) is 0 Å². The van der Waals surface area contributed by atoms with Gasteiger partial charge in [0, 0.05) is 23.2 Å². The molecule has 0 saturated carbocycles. The molecular formula is C4H6N4S3. The summed E-state index contributed by atoms with van der Waals surface area (Å²) in [5, 5.41) is 3.97. The van der Waals surface area contributed by atoms with Crippen LogP contribution >= 0.6 is 36.0 Å². The van der Waals surface area contributed by atoms with Crippen LogP contribution in [-0.2, 0) is 0 Å². The molecule has 0 aromatic heterocycles. The van der Waals surface area contributed by atoms with Gasteiger partial charge in [-0.25, -0.2) is 0 Å². The van der Waals surface area contributed by atoms with Crippen LogP contribution in [0.5, 0.6) is 0 Å². The van der Waals surface area contributed by atoms with Crippen molar-refractivity contribution in [2.75, 3.05) is 0 Å². The molecule has 0 aliphatic carbocycles. The van der Waals surface area contributed by atoms with E-state index >= 15 is 0 Å². The van der Waals surface area contributed by atoms with Crippen molar-refractivity contribution in [3.8, 4) is 0 Å². The van der Waals surface area contributed by atoms with E-state index in [1.807, 2.05) is 30.9 Å². The summed E-state index contributed by atoms with van der Waals surface area (Å²) >= 11 is 4.78. The first-order chi connectivity index (χ1) is 5.45. The van der Waals surface area contributed by atoms with Crippen LogP contribution in [0.25, 0.3) is 0 Å². The van der Waals surface area contributed by atoms with E-state index in [2.05, 4.69) is 10.9 Å². The highest BCUT2D eigenvalue weighted by atomic mass is 32.3. The smallest absolute Gasteiger partial charge is 0.0741 e. The zero-order valence-electron chi connectivity index (χ0n) is 5.43. The van der Waals surface area contributed by atoms with Crippen molar-refractivity contribution >= 4 is 36.0 Å². The van der Waals surface area contributed by atoms with Gasteiger partial charge in [0.05, 0.1) is 12.1 Å². The Balaban J connectivity index is 1.73. The predicted molar refractivity (Wildman–Crippen MR) is 51.0 cm³/mol. The predicted octanol–water partition coefficient (Wildman–Crippen LogP) is 1.43. The fraction of sp³-hybridized carbons (Fsp3) is 0. The van der Waals surface area contributed by atoms with Gasteiger partial charge >= 0.3 is 0 Å². The lowest BCUT2D eigenvalue weighted by Crippen LogP contribution is -2.25. The number of hydrogen-bond donors (Lipinski definition) is 2. The van der Waals surface area contributed by atoms with Crippen LogP contribution in [0.4, 0.5) is 0 Å². The van der Waals surface area contributed by atoms with E-state index in [1.165, 1.54) is 0 Å². The molecular weight excluding hydrogens is 200 g/mol. The Morgan fingerprint density at radius 1 is 1.00 bits per heavy atom. The monoisotopic (exact) mass is 206 g/mol. The summed E-state index contributed by atoms with van der Waals surface area (Å²) in [6.07, 6.45) is 3.79. The third kappa shape index (κ3) is 2.00. The van der Waals surface area contributed by atoms with Gasteiger partial charge in [0.15, 0.2) is 0 Å². The molecule has 0 unspecified atom stereocenters. The zero-order valence-corrected chi connectivity index (χ0v) is 7.88. The molecule has 0 amide bonds. The van der Waals surface area contributed by atoms with Crippen LogP contribution in [0.3, 0.4) is 0 Å². The van der Waals surface area contributed by atoms with Gasteiger partial charge < -0.3 is 10.9 Å². The molecule has 7 heteroatoms. The summed E-state index contributed by atoms with van der Waals surface area (Å²) in [4.78, 5) is 0. The molecule has 2 rings (SSSR count). The van der Waals surface area contributed by atoms with Crippen molar-refractivity contribution in [1.82, 2.24) is 18.5 Å². The minimum Gasteiger partial charge on any atom is -0.305 e. The third-order valence-electron chi connectivity index (χ3n) is 0.957. The van der Waals surface area contributed by atoms with Gasteiger partial charge in [-0.05, 0) is 23.9 Å². The Labute approximate surface area is 77.9 Å². The van der Waals surface area contributed by atoms with Gasteiger partial charge in [0.2, 0.25) is 0 Å². The molecule has 60 valence electrons. The minimum atomic E-state index is 1.56. The normalized spacial score (nSPS) is 24.0. The molecule has 0 bridgehead atoms. The molecule has 0 radical (unpaired) electrons. The van der Waals surface area contributed by atoms with E-state index in [0.29, 0.717) is 0 Å². The highest BCUT2D eigenvalue weighted by Gasteiger charge is 2.15. The Bertz CT molecular complexity index is 158. The van der Waals surface area contributed by atoms with Crippen molar-refractivity contribution in [1.29, 1.82) is 0 Å². The molecule has 2 heterocycles. The maximum absolute atomic E-state index is 3.04. The molecule has 0 aromatic carbocycles. The first kappa shape index (κ1) is 7.69. The fourth-order valence-electron chi connectivity index (χ4n) is 0.568. The topological polar surface area (TPSA) is 30.5 Å². The van der Waals surface area contributed by atoms with E-state index < -0.39 is 0 Å². The van der Waals surface area contributed by atoms with Crippen molar-refractivity contribution in [3.05, 3.63) is 23.2 Å². The molecule has 2 aliphatic rings. The summed E-state index contributed by atoms with van der Waals surface area (Å²) in [6, 6.07) is 0.